The number of hydrogen-bond donors (Lipinski definition) is 3. The quantitative estimate of drug-likeness (QED) is 0.702. The van der Waals surface area contributed by atoms with Crippen LogP contribution in [-0.2, 0) is 0 Å². The lowest BCUT2D eigenvalue weighted by atomic mass is 9.95. The molecule has 1 rings (SSSR count). The zero-order valence-electron chi connectivity index (χ0n) is 10.1. The minimum atomic E-state index is -0.165. The number of rotatable bonds is 5. The molecule has 5 heteroatoms. The van der Waals surface area contributed by atoms with Gasteiger partial charge in [-0.25, -0.2) is 4.98 Å². The van der Waals surface area contributed by atoms with Gasteiger partial charge in [0.1, 0.15) is 5.82 Å². The highest BCUT2D eigenvalue weighted by Gasteiger charge is 2.21. The van der Waals surface area contributed by atoms with Crippen LogP contribution in [0.2, 0.25) is 0 Å². The summed E-state index contributed by atoms with van der Waals surface area (Å²) in [6.07, 6.45) is 1.57. The molecule has 0 aliphatic heterocycles. The van der Waals surface area contributed by atoms with E-state index in [0.29, 0.717) is 12.2 Å². The van der Waals surface area contributed by atoms with Crippen molar-refractivity contribution in [2.45, 2.75) is 39.2 Å². The maximum atomic E-state index is 9.02. The Kier molecular flexibility index (Phi) is 4.06. The van der Waals surface area contributed by atoms with Gasteiger partial charge in [-0.1, -0.05) is 6.92 Å². The molecule has 1 aromatic rings. The van der Waals surface area contributed by atoms with Gasteiger partial charge in [0, 0.05) is 23.9 Å². The molecule has 1 heterocycles. The molecule has 16 heavy (non-hydrogen) atoms. The fraction of sp³-hybridized carbons (Fsp3) is 0.636. The van der Waals surface area contributed by atoms with Gasteiger partial charge >= 0.3 is 0 Å². The third kappa shape index (κ3) is 3.34. The average molecular weight is 224 g/mol. The van der Waals surface area contributed by atoms with E-state index in [1.54, 1.807) is 0 Å². The molecule has 5 nitrogen and oxygen atoms in total. The van der Waals surface area contributed by atoms with Crippen molar-refractivity contribution in [1.29, 1.82) is 0 Å². The van der Waals surface area contributed by atoms with Gasteiger partial charge in [-0.2, -0.15) is 4.98 Å². The average Bonchev–Trinajstić information content (AvgIpc) is 2.16. The third-order valence-electron chi connectivity index (χ3n) is 2.75. The van der Waals surface area contributed by atoms with Crippen molar-refractivity contribution in [1.82, 2.24) is 9.97 Å². The fourth-order valence-corrected chi connectivity index (χ4v) is 1.54. The van der Waals surface area contributed by atoms with Gasteiger partial charge in [0.05, 0.1) is 0 Å². The second-order valence-corrected chi connectivity index (χ2v) is 4.27. The lowest BCUT2D eigenvalue weighted by molar-refractivity contribution is 0.252. The maximum absolute atomic E-state index is 9.02. The first-order valence-corrected chi connectivity index (χ1v) is 5.49. The second kappa shape index (κ2) is 5.12. The Morgan fingerprint density at radius 3 is 2.69 bits per heavy atom. The standard InChI is InChI=1S/C11H20N4O/c1-4-11(3,5-6-16)15-9-7-8(2)13-10(12)14-9/h7,16H,4-6H2,1-3H3,(H3,12,13,14,15). The molecule has 1 atom stereocenters. The highest BCUT2D eigenvalue weighted by molar-refractivity contribution is 5.42. The molecule has 0 saturated carbocycles. The molecule has 0 radical (unpaired) electrons. The van der Waals surface area contributed by atoms with Crippen LogP contribution in [0, 0.1) is 6.92 Å². The summed E-state index contributed by atoms with van der Waals surface area (Å²) < 4.78 is 0. The molecule has 1 aromatic heterocycles. The number of aryl methyl sites for hydroxylation is 1. The molecule has 0 aliphatic carbocycles. The first-order chi connectivity index (χ1) is 7.49. The minimum absolute atomic E-state index is 0.150. The molecule has 4 N–H and O–H groups in total. The van der Waals surface area contributed by atoms with Crippen molar-refractivity contribution in [3.05, 3.63) is 11.8 Å². The first-order valence-electron chi connectivity index (χ1n) is 5.49. The lowest BCUT2D eigenvalue weighted by Gasteiger charge is -2.29. The molecule has 0 saturated heterocycles. The Bertz CT molecular complexity index is 336. The summed E-state index contributed by atoms with van der Waals surface area (Å²) in [7, 11) is 0. The van der Waals surface area contributed by atoms with Crippen LogP contribution in [-0.4, -0.2) is 27.2 Å². The summed E-state index contributed by atoms with van der Waals surface area (Å²) in [6.45, 7) is 6.15. The van der Waals surface area contributed by atoms with E-state index in [0.717, 1.165) is 12.1 Å². The van der Waals surface area contributed by atoms with Gasteiger partial charge in [-0.3, -0.25) is 0 Å². The van der Waals surface area contributed by atoms with Gasteiger partial charge in [0.2, 0.25) is 5.95 Å². The zero-order chi connectivity index (χ0) is 12.2. The maximum Gasteiger partial charge on any atom is 0.222 e. The minimum Gasteiger partial charge on any atom is -0.396 e. The first kappa shape index (κ1) is 12.7. The second-order valence-electron chi connectivity index (χ2n) is 4.27. The number of nitrogens with one attached hydrogen (secondary N) is 1. The smallest absolute Gasteiger partial charge is 0.222 e. The molecule has 0 fully saturated rings. The van der Waals surface area contributed by atoms with E-state index >= 15 is 0 Å². The monoisotopic (exact) mass is 224 g/mol. The van der Waals surface area contributed by atoms with Crippen LogP contribution < -0.4 is 11.1 Å². The van der Waals surface area contributed by atoms with Crippen LogP contribution in [0.25, 0.3) is 0 Å². The van der Waals surface area contributed by atoms with Gasteiger partial charge in [-0.05, 0) is 26.7 Å². The van der Waals surface area contributed by atoms with E-state index < -0.39 is 0 Å². The Labute approximate surface area is 96.1 Å². The topological polar surface area (TPSA) is 84.1 Å². The number of aromatic nitrogens is 2. The summed E-state index contributed by atoms with van der Waals surface area (Å²) in [5.41, 5.74) is 6.25. The summed E-state index contributed by atoms with van der Waals surface area (Å²) in [5.74, 6) is 0.979. The van der Waals surface area contributed by atoms with Crippen molar-refractivity contribution in [2.75, 3.05) is 17.7 Å². The normalized spacial score (nSPS) is 14.5. The van der Waals surface area contributed by atoms with E-state index in [1.807, 2.05) is 13.0 Å². The fourth-order valence-electron chi connectivity index (χ4n) is 1.54. The van der Waals surface area contributed by atoms with Crippen molar-refractivity contribution in [3.63, 3.8) is 0 Å². The number of nitrogen functional groups attached to an aromatic ring is 1. The Hall–Kier alpha value is -1.36. The lowest BCUT2D eigenvalue weighted by Crippen LogP contribution is -2.35. The zero-order valence-corrected chi connectivity index (χ0v) is 10.1. The summed E-state index contributed by atoms with van der Waals surface area (Å²) in [5, 5.41) is 12.3. The highest BCUT2D eigenvalue weighted by atomic mass is 16.3. The van der Waals surface area contributed by atoms with E-state index in [2.05, 4.69) is 29.1 Å². The van der Waals surface area contributed by atoms with E-state index in [-0.39, 0.29) is 18.1 Å². The van der Waals surface area contributed by atoms with E-state index in [9.17, 15) is 0 Å². The molecular weight excluding hydrogens is 204 g/mol. The van der Waals surface area contributed by atoms with Gasteiger partial charge in [0.15, 0.2) is 0 Å². The molecule has 0 bridgehead atoms. The van der Waals surface area contributed by atoms with Gasteiger partial charge in [-0.15, -0.1) is 0 Å². The number of hydrogen-bond acceptors (Lipinski definition) is 5. The third-order valence-corrected chi connectivity index (χ3v) is 2.75. The molecule has 90 valence electrons. The van der Waals surface area contributed by atoms with Crippen molar-refractivity contribution < 1.29 is 5.11 Å². The van der Waals surface area contributed by atoms with Crippen molar-refractivity contribution >= 4 is 11.8 Å². The summed E-state index contributed by atoms with van der Waals surface area (Å²) in [4.78, 5) is 8.14. The molecule has 0 spiro atoms. The van der Waals surface area contributed by atoms with Crippen molar-refractivity contribution in [2.24, 2.45) is 0 Å². The van der Waals surface area contributed by atoms with E-state index in [4.69, 9.17) is 10.8 Å². The molecule has 1 unspecified atom stereocenters. The van der Waals surface area contributed by atoms with Gasteiger partial charge in [0.25, 0.3) is 0 Å². The van der Waals surface area contributed by atoms with Gasteiger partial charge < -0.3 is 16.2 Å². The Balaban J connectivity index is 2.85. The Morgan fingerprint density at radius 1 is 1.50 bits per heavy atom. The summed E-state index contributed by atoms with van der Waals surface area (Å²) in [6, 6.07) is 1.85. The van der Waals surface area contributed by atoms with E-state index in [1.165, 1.54) is 0 Å². The van der Waals surface area contributed by atoms with Crippen LogP contribution in [0.4, 0.5) is 11.8 Å². The van der Waals surface area contributed by atoms with Crippen molar-refractivity contribution in [3.8, 4) is 0 Å². The molecule has 0 aliphatic rings. The number of aliphatic hydroxyl groups is 1. The van der Waals surface area contributed by atoms with Crippen LogP contribution >= 0.6 is 0 Å². The molecule has 0 aromatic carbocycles. The van der Waals surface area contributed by atoms with Crippen LogP contribution in [0.5, 0.6) is 0 Å². The molecule has 0 amide bonds. The Morgan fingerprint density at radius 2 is 2.19 bits per heavy atom. The SMILES string of the molecule is CCC(C)(CCO)Nc1cc(C)nc(N)n1. The van der Waals surface area contributed by atoms with Crippen LogP contribution in [0.1, 0.15) is 32.4 Å². The highest BCUT2D eigenvalue weighted by Crippen LogP contribution is 2.21. The number of nitrogens with two attached hydrogens (primary N) is 1. The number of nitrogens with zero attached hydrogens (tertiary/aromatic N) is 2. The largest absolute Gasteiger partial charge is 0.396 e. The number of anilines is 2. The molecular formula is C11H20N4O. The number of aliphatic hydroxyl groups excluding tert-OH is 1. The predicted octanol–water partition coefficient (Wildman–Crippen LogP) is 1.33. The summed E-state index contributed by atoms with van der Waals surface area (Å²) >= 11 is 0. The van der Waals surface area contributed by atoms with Crippen LogP contribution in [0.3, 0.4) is 0 Å². The van der Waals surface area contributed by atoms with Crippen LogP contribution in [0.15, 0.2) is 6.07 Å². The predicted molar refractivity (Wildman–Crippen MR) is 65.2 cm³/mol.